The molecule has 0 spiro atoms. The molecule has 0 radical (unpaired) electrons. The van der Waals surface area contributed by atoms with E-state index in [2.05, 4.69) is 32.9 Å². The van der Waals surface area contributed by atoms with Crippen molar-refractivity contribution in [2.75, 3.05) is 0 Å². The van der Waals surface area contributed by atoms with Crippen LogP contribution in [-0.2, 0) is 0 Å². The Kier molecular flexibility index (Phi) is 4.71. The summed E-state index contributed by atoms with van der Waals surface area (Å²) in [6.45, 7) is 6.92. The van der Waals surface area contributed by atoms with Crippen molar-refractivity contribution in [3.63, 3.8) is 0 Å². The van der Waals surface area contributed by atoms with Gasteiger partial charge in [-0.25, -0.2) is 0 Å². The maximum Gasteiger partial charge on any atom is -0.0177 e. The standard InChI is InChI=1S/C14H26/c1-4-14(2,3)12-8-11-13-9-6-5-7-10-13/h8,12-13H,4-7,9-11H2,1-3H3/b12-8-. The Morgan fingerprint density at radius 1 is 1.14 bits per heavy atom. The molecule has 1 rings (SSSR count). The molecule has 0 aliphatic heterocycles. The van der Waals surface area contributed by atoms with Gasteiger partial charge < -0.3 is 0 Å². The molecule has 0 heterocycles. The van der Waals surface area contributed by atoms with Crippen LogP contribution in [0.1, 0.15) is 65.7 Å². The minimum absolute atomic E-state index is 0.411. The zero-order chi connectivity index (χ0) is 10.4. The summed E-state index contributed by atoms with van der Waals surface area (Å²) in [6.07, 6.45) is 14.8. The monoisotopic (exact) mass is 194 g/mol. The molecule has 1 aliphatic carbocycles. The SMILES string of the molecule is CCC(C)(C)/C=C\CC1CCCCC1. The Bertz CT molecular complexity index is 170. The highest BCUT2D eigenvalue weighted by Crippen LogP contribution is 2.28. The van der Waals surface area contributed by atoms with Gasteiger partial charge in [0, 0.05) is 0 Å². The molecule has 0 bridgehead atoms. The van der Waals surface area contributed by atoms with E-state index in [-0.39, 0.29) is 0 Å². The lowest BCUT2D eigenvalue weighted by Crippen LogP contribution is -2.07. The van der Waals surface area contributed by atoms with Gasteiger partial charge in [0.1, 0.15) is 0 Å². The van der Waals surface area contributed by atoms with Crippen LogP contribution in [0.2, 0.25) is 0 Å². The van der Waals surface area contributed by atoms with Crippen LogP contribution in [0, 0.1) is 11.3 Å². The van der Waals surface area contributed by atoms with Gasteiger partial charge in [0.25, 0.3) is 0 Å². The second-order valence-corrected chi connectivity index (χ2v) is 5.48. The largest absolute Gasteiger partial charge is 0.0877 e. The molecule has 0 heteroatoms. The molecule has 0 aromatic rings. The molecular weight excluding hydrogens is 168 g/mol. The van der Waals surface area contributed by atoms with Gasteiger partial charge in [0.15, 0.2) is 0 Å². The van der Waals surface area contributed by atoms with Crippen molar-refractivity contribution in [1.29, 1.82) is 0 Å². The molecule has 0 unspecified atom stereocenters. The summed E-state index contributed by atoms with van der Waals surface area (Å²) < 4.78 is 0. The Morgan fingerprint density at radius 2 is 1.79 bits per heavy atom. The van der Waals surface area contributed by atoms with Gasteiger partial charge in [-0.2, -0.15) is 0 Å². The average molecular weight is 194 g/mol. The molecule has 14 heavy (non-hydrogen) atoms. The Hall–Kier alpha value is -0.260. The topological polar surface area (TPSA) is 0 Å². The first-order valence-corrected chi connectivity index (χ1v) is 6.32. The number of allylic oxidation sites excluding steroid dienone is 2. The molecule has 82 valence electrons. The minimum atomic E-state index is 0.411. The van der Waals surface area contributed by atoms with Crippen LogP contribution in [0.15, 0.2) is 12.2 Å². The van der Waals surface area contributed by atoms with Crippen LogP contribution in [-0.4, -0.2) is 0 Å². The molecule has 0 amide bonds. The van der Waals surface area contributed by atoms with Crippen molar-refractivity contribution in [3.8, 4) is 0 Å². The fourth-order valence-corrected chi connectivity index (χ4v) is 2.12. The predicted molar refractivity (Wildman–Crippen MR) is 64.4 cm³/mol. The fraction of sp³-hybridized carbons (Fsp3) is 0.857. The highest BCUT2D eigenvalue weighted by Gasteiger charge is 2.13. The van der Waals surface area contributed by atoms with E-state index in [9.17, 15) is 0 Å². The summed E-state index contributed by atoms with van der Waals surface area (Å²) in [4.78, 5) is 0. The summed E-state index contributed by atoms with van der Waals surface area (Å²) in [5.74, 6) is 0.993. The minimum Gasteiger partial charge on any atom is -0.0877 e. The second-order valence-electron chi connectivity index (χ2n) is 5.48. The van der Waals surface area contributed by atoms with Gasteiger partial charge >= 0.3 is 0 Å². The van der Waals surface area contributed by atoms with Gasteiger partial charge in [0.2, 0.25) is 0 Å². The average Bonchev–Trinajstić information content (AvgIpc) is 2.19. The second kappa shape index (κ2) is 5.58. The summed E-state index contributed by atoms with van der Waals surface area (Å²) in [5.41, 5.74) is 0.411. The Morgan fingerprint density at radius 3 is 2.36 bits per heavy atom. The first kappa shape index (κ1) is 11.8. The summed E-state index contributed by atoms with van der Waals surface area (Å²) in [7, 11) is 0. The predicted octanol–water partition coefficient (Wildman–Crippen LogP) is 4.95. The lowest BCUT2D eigenvalue weighted by atomic mass is 9.85. The van der Waals surface area contributed by atoms with Gasteiger partial charge in [-0.15, -0.1) is 0 Å². The van der Waals surface area contributed by atoms with Crippen LogP contribution in [0.3, 0.4) is 0 Å². The van der Waals surface area contributed by atoms with Crippen molar-refractivity contribution < 1.29 is 0 Å². The maximum absolute atomic E-state index is 2.43. The molecule has 0 aromatic heterocycles. The van der Waals surface area contributed by atoms with Crippen LogP contribution in [0.25, 0.3) is 0 Å². The van der Waals surface area contributed by atoms with E-state index in [4.69, 9.17) is 0 Å². The molecule has 0 aromatic carbocycles. The third-order valence-corrected chi connectivity index (χ3v) is 3.67. The van der Waals surface area contributed by atoms with Gasteiger partial charge in [0.05, 0.1) is 0 Å². The van der Waals surface area contributed by atoms with Gasteiger partial charge in [-0.3, -0.25) is 0 Å². The van der Waals surface area contributed by atoms with E-state index in [1.54, 1.807) is 0 Å². The first-order chi connectivity index (χ1) is 6.64. The van der Waals surface area contributed by atoms with Crippen molar-refractivity contribution in [1.82, 2.24) is 0 Å². The van der Waals surface area contributed by atoms with Gasteiger partial charge in [-0.1, -0.05) is 65.0 Å². The van der Waals surface area contributed by atoms with E-state index in [0.717, 1.165) is 5.92 Å². The number of hydrogen-bond acceptors (Lipinski definition) is 0. The first-order valence-electron chi connectivity index (χ1n) is 6.32. The number of hydrogen-bond donors (Lipinski definition) is 0. The molecule has 0 N–H and O–H groups in total. The molecule has 1 aliphatic rings. The third kappa shape index (κ3) is 4.30. The van der Waals surface area contributed by atoms with E-state index in [1.165, 1.54) is 44.9 Å². The molecular formula is C14H26. The van der Waals surface area contributed by atoms with E-state index >= 15 is 0 Å². The van der Waals surface area contributed by atoms with Crippen molar-refractivity contribution in [3.05, 3.63) is 12.2 Å². The highest BCUT2D eigenvalue weighted by molar-refractivity contribution is 4.95. The normalized spacial score (nSPS) is 20.5. The smallest absolute Gasteiger partial charge is 0.0177 e. The zero-order valence-electron chi connectivity index (χ0n) is 10.2. The molecule has 0 atom stereocenters. The Labute approximate surface area is 89.8 Å². The van der Waals surface area contributed by atoms with Crippen molar-refractivity contribution in [2.45, 2.75) is 65.7 Å². The number of rotatable bonds is 4. The molecule has 0 saturated heterocycles. The van der Waals surface area contributed by atoms with Crippen molar-refractivity contribution >= 4 is 0 Å². The van der Waals surface area contributed by atoms with E-state index in [0.29, 0.717) is 5.41 Å². The van der Waals surface area contributed by atoms with Crippen molar-refractivity contribution in [2.24, 2.45) is 11.3 Å². The quantitative estimate of drug-likeness (QED) is 0.555. The fourth-order valence-electron chi connectivity index (χ4n) is 2.12. The molecule has 0 nitrogen and oxygen atoms in total. The van der Waals surface area contributed by atoms with Crippen LogP contribution >= 0.6 is 0 Å². The van der Waals surface area contributed by atoms with Crippen LogP contribution in [0.4, 0.5) is 0 Å². The summed E-state index contributed by atoms with van der Waals surface area (Å²) >= 11 is 0. The zero-order valence-corrected chi connectivity index (χ0v) is 10.2. The third-order valence-electron chi connectivity index (χ3n) is 3.67. The lowest BCUT2D eigenvalue weighted by Gasteiger charge is -2.21. The summed E-state index contributed by atoms with van der Waals surface area (Å²) in [6, 6.07) is 0. The van der Waals surface area contributed by atoms with E-state index < -0.39 is 0 Å². The van der Waals surface area contributed by atoms with E-state index in [1.807, 2.05) is 0 Å². The highest BCUT2D eigenvalue weighted by atomic mass is 14.2. The Balaban J connectivity index is 2.24. The maximum atomic E-state index is 2.43. The molecule has 1 saturated carbocycles. The van der Waals surface area contributed by atoms with Gasteiger partial charge in [-0.05, 0) is 24.2 Å². The van der Waals surface area contributed by atoms with Crippen LogP contribution in [0.5, 0.6) is 0 Å². The van der Waals surface area contributed by atoms with Crippen LogP contribution < -0.4 is 0 Å². The lowest BCUT2D eigenvalue weighted by molar-refractivity contribution is 0.359. The molecule has 1 fully saturated rings. The summed E-state index contributed by atoms with van der Waals surface area (Å²) in [5, 5.41) is 0.